The van der Waals surface area contributed by atoms with E-state index < -0.39 is 14.2 Å². The van der Waals surface area contributed by atoms with E-state index in [0.717, 1.165) is 63.4 Å². The van der Waals surface area contributed by atoms with Crippen molar-refractivity contribution >= 4 is 8.60 Å². The van der Waals surface area contributed by atoms with Gasteiger partial charge in [0, 0.05) is 11.5 Å². The number of fused-ring (bicyclic) bond motifs is 5. The molecule has 8 unspecified atom stereocenters. The van der Waals surface area contributed by atoms with Crippen molar-refractivity contribution in [2.75, 3.05) is 0 Å². The second-order valence-corrected chi connectivity index (χ2v) is 11.8. The third-order valence-electron chi connectivity index (χ3n) is 10.1. The van der Waals surface area contributed by atoms with Gasteiger partial charge in [0.2, 0.25) is 0 Å². The summed E-state index contributed by atoms with van der Waals surface area (Å²) in [6.45, 7) is 4.67. The summed E-state index contributed by atoms with van der Waals surface area (Å²) >= 11 is 0. The van der Waals surface area contributed by atoms with Crippen LogP contribution < -0.4 is 5.63 Å². The van der Waals surface area contributed by atoms with Crippen molar-refractivity contribution in [2.45, 2.75) is 89.3 Å². The highest BCUT2D eigenvalue weighted by Gasteiger charge is 2.69. The Labute approximate surface area is 185 Å². The highest BCUT2D eigenvalue weighted by Crippen LogP contribution is 2.73. The summed E-state index contributed by atoms with van der Waals surface area (Å²) in [7, 11) is -2.48. The second kappa shape index (κ2) is 7.63. The molecular weight excluding hydrogens is 415 g/mol. The molecule has 0 bridgehead atoms. The van der Waals surface area contributed by atoms with E-state index in [0.29, 0.717) is 11.8 Å². The van der Waals surface area contributed by atoms with Gasteiger partial charge in [0.15, 0.2) is 0 Å². The van der Waals surface area contributed by atoms with Crippen LogP contribution in [0.5, 0.6) is 0 Å². The van der Waals surface area contributed by atoms with Crippen molar-refractivity contribution in [3.63, 3.8) is 0 Å². The molecule has 0 saturated heterocycles. The molecule has 0 amide bonds. The normalized spacial score (nSPS) is 47.0. The van der Waals surface area contributed by atoms with Crippen LogP contribution in [-0.2, 0) is 4.52 Å². The molecule has 1 heterocycles. The highest BCUT2D eigenvalue weighted by molar-refractivity contribution is 7.39. The lowest BCUT2D eigenvalue weighted by atomic mass is 9.43. The van der Waals surface area contributed by atoms with Crippen molar-refractivity contribution in [2.24, 2.45) is 28.6 Å². The zero-order valence-electron chi connectivity index (χ0n) is 18.5. The van der Waals surface area contributed by atoms with Gasteiger partial charge in [-0.25, -0.2) is 4.79 Å². The number of aliphatic hydroxyl groups excluding tert-OH is 1. The van der Waals surface area contributed by atoms with Gasteiger partial charge in [-0.1, -0.05) is 13.8 Å². The summed E-state index contributed by atoms with van der Waals surface area (Å²) in [6.07, 6.45) is 9.98. The van der Waals surface area contributed by atoms with Crippen molar-refractivity contribution in [1.82, 2.24) is 0 Å². The van der Waals surface area contributed by atoms with E-state index in [2.05, 4.69) is 13.8 Å². The van der Waals surface area contributed by atoms with Gasteiger partial charge in [-0.05, 0) is 98.5 Å². The van der Waals surface area contributed by atoms with Crippen LogP contribution in [-0.4, -0.2) is 26.6 Å². The van der Waals surface area contributed by atoms with Crippen LogP contribution in [0.25, 0.3) is 0 Å². The molecule has 172 valence electrons. The van der Waals surface area contributed by atoms with Crippen molar-refractivity contribution in [3.8, 4) is 0 Å². The standard InChI is InChI=1S/C24H35O6P/c1-22-10-7-17(25)13-16(22)4-5-20-19(22)8-11-23(2)18(15-3-6-21(26)29-14-15)9-12-24(20,23)30-31(27)28/h3,6,14,16-20,25,27-28H,4-5,7-13H2,1-2H3. The fraction of sp³-hybridized carbons (Fsp3) is 0.792. The predicted molar refractivity (Wildman–Crippen MR) is 117 cm³/mol. The predicted octanol–water partition coefficient (Wildman–Crippen LogP) is 4.48. The molecule has 7 heteroatoms. The molecule has 0 radical (unpaired) electrons. The SMILES string of the molecule is CC12CCC(O)CC1CCC1C2CCC2(C)C(c3ccc(=O)oc3)CCC12OP(O)O. The molecule has 4 aliphatic carbocycles. The van der Waals surface area contributed by atoms with Crippen LogP contribution in [0.3, 0.4) is 0 Å². The fourth-order valence-corrected chi connectivity index (χ4v) is 9.36. The molecule has 31 heavy (non-hydrogen) atoms. The van der Waals surface area contributed by atoms with Crippen LogP contribution in [0.15, 0.2) is 27.6 Å². The maximum Gasteiger partial charge on any atom is 0.335 e. The zero-order chi connectivity index (χ0) is 22.0. The zero-order valence-corrected chi connectivity index (χ0v) is 19.4. The first-order valence-electron chi connectivity index (χ1n) is 11.8. The molecule has 5 rings (SSSR count). The van der Waals surface area contributed by atoms with E-state index in [9.17, 15) is 19.7 Å². The monoisotopic (exact) mass is 450 g/mol. The number of hydrogen-bond donors (Lipinski definition) is 3. The average Bonchev–Trinajstić information content (AvgIpc) is 3.01. The van der Waals surface area contributed by atoms with Gasteiger partial charge in [0.25, 0.3) is 0 Å². The Morgan fingerprint density at radius 1 is 1.03 bits per heavy atom. The number of rotatable bonds is 3. The van der Waals surface area contributed by atoms with E-state index in [4.69, 9.17) is 8.94 Å². The largest absolute Gasteiger partial charge is 0.431 e. The minimum atomic E-state index is -2.48. The Hall–Kier alpha value is -0.780. The molecule has 4 saturated carbocycles. The van der Waals surface area contributed by atoms with Gasteiger partial charge in [-0.15, -0.1) is 0 Å². The molecule has 6 nitrogen and oxygen atoms in total. The maximum atomic E-state index is 11.5. The van der Waals surface area contributed by atoms with Gasteiger partial charge < -0.3 is 23.8 Å². The van der Waals surface area contributed by atoms with Gasteiger partial charge in [0.05, 0.1) is 18.0 Å². The lowest BCUT2D eigenvalue weighted by Gasteiger charge is -2.64. The Bertz CT molecular complexity index is 867. The van der Waals surface area contributed by atoms with Crippen molar-refractivity contribution < 1.29 is 23.8 Å². The Kier molecular flexibility index (Phi) is 5.42. The average molecular weight is 451 g/mol. The van der Waals surface area contributed by atoms with E-state index in [1.54, 1.807) is 6.26 Å². The van der Waals surface area contributed by atoms with Crippen LogP contribution >= 0.6 is 8.60 Å². The van der Waals surface area contributed by atoms with Gasteiger partial charge in [0.1, 0.15) is 0 Å². The minimum absolute atomic E-state index is 0.159. The van der Waals surface area contributed by atoms with Crippen LogP contribution in [0.4, 0.5) is 0 Å². The molecule has 0 aliphatic heterocycles. The molecule has 4 aliphatic rings. The molecule has 3 N–H and O–H groups in total. The van der Waals surface area contributed by atoms with E-state index >= 15 is 0 Å². The first-order valence-corrected chi connectivity index (χ1v) is 13.0. The van der Waals surface area contributed by atoms with Gasteiger partial charge >= 0.3 is 14.2 Å². The molecule has 0 spiro atoms. The topological polar surface area (TPSA) is 100 Å². The summed E-state index contributed by atoms with van der Waals surface area (Å²) in [5.41, 5.74) is -0.0106. The molecule has 1 aromatic heterocycles. The Morgan fingerprint density at radius 3 is 2.55 bits per heavy atom. The number of hydrogen-bond acceptors (Lipinski definition) is 6. The molecule has 0 aromatic carbocycles. The van der Waals surface area contributed by atoms with E-state index in [1.807, 2.05) is 6.07 Å². The number of aliphatic hydroxyl groups is 1. The Morgan fingerprint density at radius 2 is 1.84 bits per heavy atom. The first kappa shape index (κ1) is 22.0. The first-order chi connectivity index (χ1) is 14.7. The van der Waals surface area contributed by atoms with E-state index in [1.165, 1.54) is 6.07 Å². The lowest BCUT2D eigenvalue weighted by Crippen LogP contribution is -2.62. The van der Waals surface area contributed by atoms with Gasteiger partial charge in [-0.2, -0.15) is 0 Å². The molecule has 1 aromatic rings. The van der Waals surface area contributed by atoms with Crippen LogP contribution in [0.1, 0.15) is 83.1 Å². The second-order valence-electron chi connectivity index (χ2n) is 11.1. The maximum absolute atomic E-state index is 11.5. The minimum Gasteiger partial charge on any atom is -0.431 e. The fourth-order valence-electron chi connectivity index (χ4n) is 8.64. The van der Waals surface area contributed by atoms with Crippen LogP contribution in [0, 0.1) is 28.6 Å². The lowest BCUT2D eigenvalue weighted by molar-refractivity contribution is -0.195. The molecular formula is C24H35O6P. The summed E-state index contributed by atoms with van der Waals surface area (Å²) in [6, 6.07) is 3.35. The molecule has 4 fully saturated rings. The highest BCUT2D eigenvalue weighted by atomic mass is 31.2. The molecule has 8 atom stereocenters. The third-order valence-corrected chi connectivity index (χ3v) is 10.6. The van der Waals surface area contributed by atoms with Crippen molar-refractivity contribution in [3.05, 3.63) is 34.4 Å². The smallest absolute Gasteiger partial charge is 0.335 e. The van der Waals surface area contributed by atoms with Gasteiger partial charge in [-0.3, -0.25) is 0 Å². The quantitative estimate of drug-likeness (QED) is 0.587. The van der Waals surface area contributed by atoms with E-state index in [-0.39, 0.29) is 34.4 Å². The van der Waals surface area contributed by atoms with Crippen molar-refractivity contribution in [1.29, 1.82) is 0 Å². The third kappa shape index (κ3) is 3.20. The summed E-state index contributed by atoms with van der Waals surface area (Å²) in [5, 5.41) is 10.3. The summed E-state index contributed by atoms with van der Waals surface area (Å²) < 4.78 is 11.4. The summed E-state index contributed by atoms with van der Waals surface area (Å²) in [4.78, 5) is 31.7. The van der Waals surface area contributed by atoms with Crippen LogP contribution in [0.2, 0.25) is 0 Å². The Balaban J connectivity index is 1.54. The summed E-state index contributed by atoms with van der Waals surface area (Å²) in [5.74, 6) is 1.43.